The van der Waals surface area contributed by atoms with E-state index in [2.05, 4.69) is 101 Å². The van der Waals surface area contributed by atoms with E-state index in [1.807, 2.05) is 42.6 Å². The minimum atomic E-state index is -1.34. The Kier molecular flexibility index (Phi) is 10.6. The molecule has 0 aliphatic rings. The quantitative estimate of drug-likeness (QED) is 0.129. The van der Waals surface area contributed by atoms with Gasteiger partial charge >= 0.3 is 0 Å². The molecule has 0 aliphatic heterocycles. The van der Waals surface area contributed by atoms with E-state index in [1.165, 1.54) is 28.4 Å². The largest absolute Gasteiger partial charge is 0.500 e. The summed E-state index contributed by atoms with van der Waals surface area (Å²) in [5, 5.41) is 3.33. The minimum absolute atomic E-state index is 0. The van der Waals surface area contributed by atoms with Crippen LogP contribution in [0.5, 0.6) is 0 Å². The molecule has 0 amide bonds. The first kappa shape index (κ1) is 34.4. The number of furan rings is 1. The van der Waals surface area contributed by atoms with Gasteiger partial charge in [0, 0.05) is 44.0 Å². The van der Waals surface area contributed by atoms with E-state index < -0.39 is 8.07 Å². The van der Waals surface area contributed by atoms with Gasteiger partial charge in [0.1, 0.15) is 11.4 Å². The van der Waals surface area contributed by atoms with Gasteiger partial charge in [0.15, 0.2) is 0 Å². The molecule has 0 atom stereocenters. The Hall–Kier alpha value is -3.44. The van der Waals surface area contributed by atoms with Crippen molar-refractivity contribution < 1.29 is 28.9 Å². The van der Waals surface area contributed by atoms with E-state index in [4.69, 9.17) is 4.42 Å². The fourth-order valence-electron chi connectivity index (χ4n) is 5.42. The van der Waals surface area contributed by atoms with Crippen LogP contribution in [0.4, 0.5) is 4.39 Å². The number of aromatic nitrogens is 2. The van der Waals surface area contributed by atoms with Crippen LogP contribution < -0.4 is 5.19 Å². The first-order valence-corrected chi connectivity index (χ1v) is 18.8. The van der Waals surface area contributed by atoms with Crippen molar-refractivity contribution in [2.24, 2.45) is 5.92 Å². The van der Waals surface area contributed by atoms with Gasteiger partial charge in [-0.3, -0.25) is 0 Å². The summed E-state index contributed by atoms with van der Waals surface area (Å²) < 4.78 is 19.4. The van der Waals surface area contributed by atoms with Crippen LogP contribution in [0.1, 0.15) is 45.7 Å². The summed E-state index contributed by atoms with van der Waals surface area (Å²) in [6.45, 7) is 18.2. The first-order chi connectivity index (χ1) is 20.8. The molecule has 0 saturated heterocycles. The van der Waals surface area contributed by atoms with Crippen molar-refractivity contribution in [2.75, 3.05) is 0 Å². The molecule has 235 valence electrons. The van der Waals surface area contributed by atoms with Crippen molar-refractivity contribution in [3.8, 4) is 22.5 Å². The van der Waals surface area contributed by atoms with E-state index in [-0.39, 0.29) is 31.3 Å². The Morgan fingerprint density at radius 2 is 1.64 bits per heavy atom. The number of rotatable bonds is 5. The maximum absolute atomic E-state index is 13.5. The average Bonchev–Trinajstić information content (AvgIpc) is 3.34. The van der Waals surface area contributed by atoms with Gasteiger partial charge in [-0.05, 0) is 58.1 Å². The van der Waals surface area contributed by atoms with Crippen molar-refractivity contribution in [3.05, 3.63) is 114 Å². The summed E-state index contributed by atoms with van der Waals surface area (Å²) in [6.07, 6.45) is 5.05. The Labute approximate surface area is 281 Å². The molecule has 6 aromatic rings. The molecule has 3 heterocycles. The van der Waals surface area contributed by atoms with Gasteiger partial charge in [-0.15, -0.1) is 54.1 Å². The second kappa shape index (κ2) is 13.9. The third-order valence-electron chi connectivity index (χ3n) is 7.69. The number of benzene rings is 3. The van der Waals surface area contributed by atoms with Gasteiger partial charge in [-0.1, -0.05) is 82.9 Å². The van der Waals surface area contributed by atoms with Crippen molar-refractivity contribution >= 4 is 35.2 Å². The second-order valence-corrected chi connectivity index (χ2v) is 18.9. The number of hydrogen-bond donors (Lipinski definition) is 0. The molecule has 6 rings (SSSR count). The van der Waals surface area contributed by atoms with Crippen LogP contribution in [-0.2, 0) is 31.9 Å². The van der Waals surface area contributed by atoms with Crippen molar-refractivity contribution in [2.45, 2.75) is 66.1 Å². The summed E-state index contributed by atoms with van der Waals surface area (Å²) in [6, 6.07) is 29.4. The molecule has 3 nitrogen and oxygen atoms in total. The summed E-state index contributed by atoms with van der Waals surface area (Å²) in [7, 11) is -1.34. The zero-order valence-electron chi connectivity index (χ0n) is 27.4. The van der Waals surface area contributed by atoms with Gasteiger partial charge < -0.3 is 14.4 Å². The number of nitrogens with zero attached hydrogens (tertiary/aromatic N) is 2. The third-order valence-corrected chi connectivity index (χ3v) is 9.75. The fraction of sp³-hybridized carbons (Fsp3) is 0.282. The molecule has 0 bridgehead atoms. The van der Waals surface area contributed by atoms with E-state index >= 15 is 0 Å². The number of halogens is 1. The SMILES string of the molecule is CC(C)(C)c1ccnc(-c2[c-]ccc3c2oc2cc(F)ccc23)c1.CC(C)Cc1cc(-c2[c-]cccc2)ncc1[Si](C)(C)C.[Ir]. The van der Waals surface area contributed by atoms with Gasteiger partial charge in [-0.2, -0.15) is 0 Å². The van der Waals surface area contributed by atoms with Crippen molar-refractivity contribution in [3.63, 3.8) is 0 Å². The Morgan fingerprint density at radius 3 is 2.31 bits per heavy atom. The number of pyridine rings is 2. The zero-order chi connectivity index (χ0) is 31.6. The zero-order valence-corrected chi connectivity index (χ0v) is 30.8. The van der Waals surface area contributed by atoms with Crippen molar-refractivity contribution in [1.82, 2.24) is 9.97 Å². The molecule has 3 aromatic carbocycles. The molecule has 3 aromatic heterocycles. The van der Waals surface area contributed by atoms with Crippen molar-refractivity contribution in [1.29, 1.82) is 0 Å². The second-order valence-electron chi connectivity index (χ2n) is 13.9. The smallest absolute Gasteiger partial charge is 0.126 e. The molecule has 6 heteroatoms. The summed E-state index contributed by atoms with van der Waals surface area (Å²) in [4.78, 5) is 9.18. The molecule has 0 N–H and O–H groups in total. The third kappa shape index (κ3) is 8.05. The minimum Gasteiger partial charge on any atom is -0.500 e. The summed E-state index contributed by atoms with van der Waals surface area (Å²) >= 11 is 0. The van der Waals surface area contributed by atoms with Crippen LogP contribution in [0.2, 0.25) is 19.6 Å². The molecule has 1 radical (unpaired) electrons. The van der Waals surface area contributed by atoms with Crippen LogP contribution in [0.3, 0.4) is 0 Å². The Morgan fingerprint density at radius 1 is 0.867 bits per heavy atom. The van der Waals surface area contributed by atoms with Crippen LogP contribution in [0.15, 0.2) is 89.6 Å². The summed E-state index contributed by atoms with van der Waals surface area (Å²) in [5.74, 6) is 0.361. The fourth-order valence-corrected chi connectivity index (χ4v) is 7.01. The predicted octanol–water partition coefficient (Wildman–Crippen LogP) is 10.2. The van der Waals surface area contributed by atoms with Crippen LogP contribution in [0, 0.1) is 23.9 Å². The van der Waals surface area contributed by atoms with E-state index in [0.29, 0.717) is 17.1 Å². The molecule has 0 fully saturated rings. The van der Waals surface area contributed by atoms with E-state index in [1.54, 1.807) is 6.07 Å². The normalized spacial score (nSPS) is 11.8. The molecular formula is C39H41FIrN2OSi-2. The standard InChI is InChI=1S/C21H17FNO.C18H24NSi.Ir/c1-21(2,3)13-9-10-23-18(11-13)17-6-4-5-16-15-8-7-14(22)12-19(15)24-20(16)17;1-14(2)11-16-12-17(15-9-7-6-8-10-15)19-13-18(16)20(3,4)5;/h4-5,7-12H,1-3H3;6-9,12-14H,11H2,1-5H3;/q2*-1;. The van der Waals surface area contributed by atoms with E-state index in [9.17, 15) is 4.39 Å². The number of fused-ring (bicyclic) bond motifs is 3. The molecule has 45 heavy (non-hydrogen) atoms. The van der Waals surface area contributed by atoms with Gasteiger partial charge in [0.2, 0.25) is 0 Å². The average molecular weight is 793 g/mol. The van der Waals surface area contributed by atoms with Crippen LogP contribution in [0.25, 0.3) is 44.5 Å². The molecule has 0 aliphatic carbocycles. The Bertz CT molecular complexity index is 1900. The molecule has 0 spiro atoms. The van der Waals surface area contributed by atoms with Crippen LogP contribution >= 0.6 is 0 Å². The monoisotopic (exact) mass is 793 g/mol. The Balaban J connectivity index is 0.000000204. The first-order valence-electron chi connectivity index (χ1n) is 15.3. The predicted molar refractivity (Wildman–Crippen MR) is 184 cm³/mol. The topological polar surface area (TPSA) is 38.9 Å². The van der Waals surface area contributed by atoms with Gasteiger partial charge in [0.05, 0.1) is 13.7 Å². The van der Waals surface area contributed by atoms with Gasteiger partial charge in [0.25, 0.3) is 0 Å². The molecular weight excluding hydrogens is 752 g/mol. The van der Waals surface area contributed by atoms with Crippen LogP contribution in [-0.4, -0.2) is 18.0 Å². The van der Waals surface area contributed by atoms with E-state index in [0.717, 1.165) is 39.7 Å². The summed E-state index contributed by atoms with van der Waals surface area (Å²) in [5.41, 5.74) is 7.67. The number of hydrogen-bond acceptors (Lipinski definition) is 3. The maximum atomic E-state index is 13.5. The maximum Gasteiger partial charge on any atom is 0.126 e. The molecule has 0 unspecified atom stereocenters. The van der Waals surface area contributed by atoms with Gasteiger partial charge in [-0.25, -0.2) is 4.39 Å². The molecule has 0 saturated carbocycles.